The summed E-state index contributed by atoms with van der Waals surface area (Å²) in [6.07, 6.45) is 3.36. The molecule has 1 atom stereocenters. The number of benzene rings is 2. The minimum atomic E-state index is 0. The van der Waals surface area contributed by atoms with Crippen molar-refractivity contribution < 1.29 is 48.1 Å². The third kappa shape index (κ3) is 8.58. The Hall–Kier alpha value is -0.790. The van der Waals surface area contributed by atoms with E-state index in [1.165, 1.54) is 44.2 Å². The van der Waals surface area contributed by atoms with E-state index >= 15 is 0 Å². The first-order valence-corrected chi connectivity index (χ1v) is 16.4. The smallest absolute Gasteiger partial charge is 0.0573 e. The molecule has 0 spiro atoms. The molecule has 4 heteroatoms. The molecule has 0 aromatic heterocycles. The zero-order valence-corrected chi connectivity index (χ0v) is 24.6. The van der Waals surface area contributed by atoms with Crippen LogP contribution >= 0.6 is 0 Å². The van der Waals surface area contributed by atoms with E-state index in [4.69, 9.17) is 0 Å². The number of aryl methyl sites for hydroxylation is 1. The number of hydrogen-bond donors (Lipinski definition) is 0. The maximum Gasteiger partial charge on any atom is -0.0573 e. The molecule has 0 aliphatic heterocycles. The van der Waals surface area contributed by atoms with Crippen LogP contribution in [-0.2, 0) is 23.3 Å². The SMILES string of the molecule is CC1=[C-]C(C)C(C)=C1C.C[Si](C)=[Zr+2].Cc1[cH-]c2ccccc2c1-c1ccccc1.[Cl-].[Cl-]. The molecular weight excluding hydrogens is 515 g/mol. The van der Waals surface area contributed by atoms with Gasteiger partial charge in [-0.3, -0.25) is 6.08 Å². The molecule has 1 aliphatic rings. The van der Waals surface area contributed by atoms with E-state index in [0.717, 1.165) is 0 Å². The van der Waals surface area contributed by atoms with E-state index in [1.807, 2.05) is 0 Å². The molecule has 0 N–H and O–H groups in total. The van der Waals surface area contributed by atoms with Crippen LogP contribution in [0.3, 0.4) is 0 Å². The predicted molar refractivity (Wildman–Crippen MR) is 127 cm³/mol. The van der Waals surface area contributed by atoms with Gasteiger partial charge in [-0.2, -0.15) is 11.1 Å². The van der Waals surface area contributed by atoms with Crippen LogP contribution in [0.1, 0.15) is 33.3 Å². The Bertz CT molecular complexity index is 1040. The van der Waals surface area contributed by atoms with Gasteiger partial charge in [0.15, 0.2) is 0 Å². The van der Waals surface area contributed by atoms with Crippen LogP contribution in [-0.4, -0.2) is 5.43 Å². The second-order valence-corrected chi connectivity index (χ2v) is 17.3. The maximum atomic E-state index is 3.36. The van der Waals surface area contributed by atoms with Crippen LogP contribution in [0.5, 0.6) is 0 Å². The van der Waals surface area contributed by atoms with Crippen LogP contribution in [0.15, 0.2) is 77.4 Å². The number of fused-ring (bicyclic) bond motifs is 1. The van der Waals surface area contributed by atoms with Gasteiger partial charge in [-0.05, 0) is 0 Å². The molecule has 0 bridgehead atoms. The Balaban J connectivity index is 0.000000516. The summed E-state index contributed by atoms with van der Waals surface area (Å²) < 4.78 is 0. The summed E-state index contributed by atoms with van der Waals surface area (Å²) in [6, 6.07) is 21.4. The molecular formula is C27H32Cl2SiZr-2. The molecule has 0 radical (unpaired) electrons. The van der Waals surface area contributed by atoms with Crippen molar-refractivity contribution in [3.8, 4) is 11.1 Å². The summed E-state index contributed by atoms with van der Waals surface area (Å²) in [7, 11) is 0. The van der Waals surface area contributed by atoms with E-state index in [1.54, 1.807) is 23.3 Å². The average Bonchev–Trinajstić information content (AvgIpc) is 3.13. The first-order chi connectivity index (χ1) is 13.7. The summed E-state index contributed by atoms with van der Waals surface area (Å²) >= 11 is 1.74. The van der Waals surface area contributed by atoms with Gasteiger partial charge in [0, 0.05) is 0 Å². The topological polar surface area (TPSA) is 0 Å². The summed E-state index contributed by atoms with van der Waals surface area (Å²) in [6.45, 7) is 15.5. The first-order valence-electron chi connectivity index (χ1n) is 10.2. The van der Waals surface area contributed by atoms with Gasteiger partial charge in [-0.25, -0.2) is 5.57 Å². The van der Waals surface area contributed by atoms with Crippen molar-refractivity contribution in [2.45, 2.75) is 47.7 Å². The molecule has 0 heterocycles. The molecule has 0 saturated carbocycles. The van der Waals surface area contributed by atoms with Gasteiger partial charge in [0.05, 0.1) is 0 Å². The number of halogens is 2. The van der Waals surface area contributed by atoms with E-state index in [9.17, 15) is 0 Å². The van der Waals surface area contributed by atoms with Crippen molar-refractivity contribution in [2.24, 2.45) is 5.92 Å². The minimum absolute atomic E-state index is 0. The average molecular weight is 547 g/mol. The van der Waals surface area contributed by atoms with Crippen LogP contribution in [0.25, 0.3) is 21.9 Å². The Morgan fingerprint density at radius 2 is 1.39 bits per heavy atom. The van der Waals surface area contributed by atoms with Crippen LogP contribution < -0.4 is 24.8 Å². The number of rotatable bonds is 1. The second-order valence-electron chi connectivity index (χ2n) is 7.95. The fourth-order valence-corrected chi connectivity index (χ4v) is 3.52. The Morgan fingerprint density at radius 1 is 0.871 bits per heavy atom. The molecule has 0 nitrogen and oxygen atoms in total. The van der Waals surface area contributed by atoms with Crippen molar-refractivity contribution in [1.82, 2.24) is 0 Å². The van der Waals surface area contributed by atoms with E-state index in [-0.39, 0.29) is 30.2 Å². The first kappa shape index (κ1) is 30.2. The zero-order valence-electron chi connectivity index (χ0n) is 19.6. The molecule has 31 heavy (non-hydrogen) atoms. The Labute approximate surface area is 216 Å². The van der Waals surface area contributed by atoms with Gasteiger partial charge in [0.2, 0.25) is 0 Å². The fraction of sp³-hybridized carbons (Fsp3) is 0.296. The van der Waals surface area contributed by atoms with Crippen LogP contribution in [0.2, 0.25) is 13.1 Å². The van der Waals surface area contributed by atoms with Gasteiger partial charge in [-0.15, -0.1) is 53.1 Å². The van der Waals surface area contributed by atoms with E-state index in [2.05, 4.69) is 114 Å². The van der Waals surface area contributed by atoms with Gasteiger partial charge >= 0.3 is 41.9 Å². The third-order valence-corrected chi connectivity index (χ3v) is 5.30. The normalized spacial score (nSPS) is 14.4. The number of hydrogen-bond acceptors (Lipinski definition) is 0. The van der Waals surface area contributed by atoms with Gasteiger partial charge < -0.3 is 24.8 Å². The molecule has 0 amide bonds. The van der Waals surface area contributed by atoms with Crippen molar-refractivity contribution in [3.63, 3.8) is 0 Å². The van der Waals surface area contributed by atoms with Gasteiger partial charge in [0.25, 0.3) is 0 Å². The molecule has 3 aromatic carbocycles. The fourth-order valence-electron chi connectivity index (χ4n) is 3.52. The van der Waals surface area contributed by atoms with E-state index < -0.39 is 0 Å². The summed E-state index contributed by atoms with van der Waals surface area (Å²) in [5, 5.41) is 2.69. The molecule has 0 fully saturated rings. The van der Waals surface area contributed by atoms with Crippen LogP contribution in [0, 0.1) is 18.9 Å². The quantitative estimate of drug-likeness (QED) is 0.324. The van der Waals surface area contributed by atoms with Crippen LogP contribution in [0.4, 0.5) is 0 Å². The zero-order chi connectivity index (χ0) is 21.6. The second kappa shape index (κ2) is 14.4. The summed E-state index contributed by atoms with van der Waals surface area (Å²) in [5.41, 5.74) is 8.49. The molecule has 164 valence electrons. The molecule has 4 rings (SSSR count). The van der Waals surface area contributed by atoms with Gasteiger partial charge in [0.1, 0.15) is 0 Å². The monoisotopic (exact) mass is 544 g/mol. The van der Waals surface area contributed by atoms with Crippen molar-refractivity contribution in [3.05, 3.63) is 89.0 Å². The van der Waals surface area contributed by atoms with E-state index in [0.29, 0.717) is 5.92 Å². The standard InChI is InChI=1S/C16H13.C9H13.C2H6Si.2ClH.Zr/c1-12-11-14-9-5-6-10-15(14)16(12)13-7-3-2-4-8-13;1-6-5-7(2)9(4)8(6)3;1-3-2;;;/h2-11H,1H3;6H,1-4H3;1-2H3;2*1H;/q2*-1;;;;+2/p-2. The molecule has 1 unspecified atom stereocenters. The number of allylic oxidation sites excluding steroid dienone is 4. The predicted octanol–water partition coefficient (Wildman–Crippen LogP) is 2.05. The van der Waals surface area contributed by atoms with Crippen molar-refractivity contribution in [1.29, 1.82) is 0 Å². The summed E-state index contributed by atoms with van der Waals surface area (Å²) in [4.78, 5) is 0. The molecule has 1 aliphatic carbocycles. The minimum Gasteiger partial charge on any atom is -1.00 e. The summed E-state index contributed by atoms with van der Waals surface area (Å²) in [5.74, 6) is 0.560. The molecule has 3 aromatic rings. The third-order valence-electron chi connectivity index (χ3n) is 5.30. The van der Waals surface area contributed by atoms with Gasteiger partial charge in [-0.1, -0.05) is 75.6 Å². The Kier molecular flexibility index (Phi) is 14.0. The van der Waals surface area contributed by atoms with Crippen molar-refractivity contribution >= 4 is 16.2 Å². The maximum absolute atomic E-state index is 3.36. The van der Waals surface area contributed by atoms with Crippen molar-refractivity contribution in [2.75, 3.05) is 0 Å². The largest absolute Gasteiger partial charge is 1.00 e. The Morgan fingerprint density at radius 3 is 1.84 bits per heavy atom. The molecule has 0 saturated heterocycles.